The third kappa shape index (κ3) is 3.84. The molecule has 1 aliphatic heterocycles. The van der Waals surface area contributed by atoms with Gasteiger partial charge < -0.3 is 0 Å². The van der Waals surface area contributed by atoms with Gasteiger partial charge in [-0.2, -0.15) is 27.8 Å². The third-order valence-electron chi connectivity index (χ3n) is 3.92. The molecular formula is C13H17F3N4O2S. The lowest BCUT2D eigenvalue weighted by Gasteiger charge is -2.47. The van der Waals surface area contributed by atoms with Crippen LogP contribution in [-0.4, -0.2) is 47.5 Å². The first-order valence-corrected chi connectivity index (χ1v) is 8.68. The molecule has 0 aliphatic carbocycles. The van der Waals surface area contributed by atoms with E-state index in [-0.39, 0.29) is 19.5 Å². The van der Waals surface area contributed by atoms with E-state index in [4.69, 9.17) is 5.26 Å². The molecule has 2 rings (SSSR count). The van der Waals surface area contributed by atoms with E-state index in [0.717, 1.165) is 16.3 Å². The zero-order valence-electron chi connectivity index (χ0n) is 12.5. The van der Waals surface area contributed by atoms with Crippen molar-refractivity contribution in [3.63, 3.8) is 0 Å². The fourth-order valence-electron chi connectivity index (χ4n) is 2.47. The molecule has 0 atom stereocenters. The molecule has 0 spiro atoms. The summed E-state index contributed by atoms with van der Waals surface area (Å²) in [6, 6.07) is 2.00. The van der Waals surface area contributed by atoms with Crippen molar-refractivity contribution in [3.8, 4) is 6.07 Å². The highest BCUT2D eigenvalue weighted by molar-refractivity contribution is 7.89. The summed E-state index contributed by atoms with van der Waals surface area (Å²) in [6.45, 7) is 1.87. The number of aromatic nitrogens is 2. The van der Waals surface area contributed by atoms with Crippen LogP contribution in [0.4, 0.5) is 13.2 Å². The summed E-state index contributed by atoms with van der Waals surface area (Å²) in [5.74, 6) is -0.974. The van der Waals surface area contributed by atoms with Crippen LogP contribution >= 0.6 is 0 Å². The minimum absolute atomic E-state index is 0.0361. The number of sulfonamides is 1. The summed E-state index contributed by atoms with van der Waals surface area (Å²) in [5.41, 5.74) is 0.147. The Labute approximate surface area is 132 Å². The van der Waals surface area contributed by atoms with E-state index < -0.39 is 33.9 Å². The van der Waals surface area contributed by atoms with E-state index in [0.29, 0.717) is 0 Å². The second-order valence-corrected chi connectivity index (χ2v) is 7.74. The van der Waals surface area contributed by atoms with E-state index in [1.165, 1.54) is 0 Å². The Balaban J connectivity index is 2.10. The molecule has 1 aromatic rings. The predicted octanol–water partition coefficient (Wildman–Crippen LogP) is 1.65. The maximum atomic E-state index is 12.2. The molecule has 10 heteroatoms. The number of rotatable bonds is 6. The molecule has 1 aromatic heterocycles. The standard InChI is InChI=1S/C13H17F3N4O2S/c1-2-11-7-18-20(8-11)12(3-5-17)9-19(10-12)23(21,22)6-4-13(14,15)16/h7-8H,2-4,6,9-10H2,1H3. The summed E-state index contributed by atoms with van der Waals surface area (Å²) in [5, 5.41) is 13.1. The molecule has 23 heavy (non-hydrogen) atoms. The van der Waals surface area contributed by atoms with Gasteiger partial charge >= 0.3 is 6.18 Å². The van der Waals surface area contributed by atoms with E-state index in [9.17, 15) is 21.6 Å². The highest BCUT2D eigenvalue weighted by atomic mass is 32.2. The Morgan fingerprint density at radius 3 is 2.57 bits per heavy atom. The molecule has 6 nitrogen and oxygen atoms in total. The van der Waals surface area contributed by atoms with Crippen molar-refractivity contribution in [2.45, 2.75) is 37.9 Å². The van der Waals surface area contributed by atoms with Gasteiger partial charge in [-0.3, -0.25) is 4.68 Å². The van der Waals surface area contributed by atoms with Crippen LogP contribution in [0.3, 0.4) is 0 Å². The van der Waals surface area contributed by atoms with Gasteiger partial charge in [0.05, 0.1) is 30.9 Å². The van der Waals surface area contributed by atoms with Crippen LogP contribution in [0.25, 0.3) is 0 Å². The second-order valence-electron chi connectivity index (χ2n) is 5.66. The highest BCUT2D eigenvalue weighted by Gasteiger charge is 2.50. The van der Waals surface area contributed by atoms with Gasteiger partial charge in [0.15, 0.2) is 0 Å². The number of halogens is 3. The first-order valence-electron chi connectivity index (χ1n) is 7.07. The van der Waals surface area contributed by atoms with Gasteiger partial charge in [-0.05, 0) is 12.0 Å². The number of alkyl halides is 3. The number of nitrogens with zero attached hydrogens (tertiary/aromatic N) is 4. The smallest absolute Gasteiger partial charge is 0.263 e. The van der Waals surface area contributed by atoms with E-state index in [1.54, 1.807) is 17.1 Å². The average molecular weight is 350 g/mol. The van der Waals surface area contributed by atoms with Gasteiger partial charge in [-0.15, -0.1) is 0 Å². The van der Waals surface area contributed by atoms with E-state index >= 15 is 0 Å². The number of nitriles is 1. The Kier molecular flexibility index (Phi) is 4.73. The Morgan fingerprint density at radius 1 is 1.43 bits per heavy atom. The quantitative estimate of drug-likeness (QED) is 0.781. The van der Waals surface area contributed by atoms with Crippen molar-refractivity contribution in [2.75, 3.05) is 18.8 Å². The fourth-order valence-corrected chi connectivity index (χ4v) is 4.09. The number of hydrogen-bond acceptors (Lipinski definition) is 4. The van der Waals surface area contributed by atoms with Gasteiger partial charge in [-0.1, -0.05) is 6.92 Å². The summed E-state index contributed by atoms with van der Waals surface area (Å²) >= 11 is 0. The fraction of sp³-hybridized carbons (Fsp3) is 0.692. The Hall–Kier alpha value is -1.60. The summed E-state index contributed by atoms with van der Waals surface area (Å²) in [7, 11) is -3.99. The van der Waals surface area contributed by atoms with Crippen LogP contribution in [0, 0.1) is 11.3 Å². The van der Waals surface area contributed by atoms with Crippen LogP contribution in [0.1, 0.15) is 25.3 Å². The first-order chi connectivity index (χ1) is 10.6. The van der Waals surface area contributed by atoms with Crippen molar-refractivity contribution < 1.29 is 21.6 Å². The summed E-state index contributed by atoms with van der Waals surface area (Å²) < 4.78 is 63.1. The van der Waals surface area contributed by atoms with E-state index in [1.807, 2.05) is 13.0 Å². The van der Waals surface area contributed by atoms with Crippen LogP contribution in [0.5, 0.6) is 0 Å². The van der Waals surface area contributed by atoms with Gasteiger partial charge in [-0.25, -0.2) is 8.42 Å². The lowest BCUT2D eigenvalue weighted by atomic mass is 9.89. The molecule has 2 heterocycles. The van der Waals surface area contributed by atoms with Crippen LogP contribution in [-0.2, 0) is 22.0 Å². The minimum atomic E-state index is -4.51. The first kappa shape index (κ1) is 17.7. The molecule has 1 aliphatic rings. The molecule has 1 fully saturated rings. The van der Waals surface area contributed by atoms with Crippen molar-refractivity contribution in [2.24, 2.45) is 0 Å². The maximum Gasteiger partial charge on any atom is 0.390 e. The van der Waals surface area contributed by atoms with Crippen LogP contribution < -0.4 is 0 Å². The summed E-state index contributed by atoms with van der Waals surface area (Å²) in [4.78, 5) is 0. The Morgan fingerprint density at radius 2 is 2.09 bits per heavy atom. The largest absolute Gasteiger partial charge is 0.390 e. The summed E-state index contributed by atoms with van der Waals surface area (Å²) in [6.07, 6.45) is -1.71. The number of aryl methyl sites for hydroxylation is 1. The predicted molar refractivity (Wildman–Crippen MR) is 75.8 cm³/mol. The lowest BCUT2D eigenvalue weighted by Crippen LogP contribution is -2.64. The molecule has 128 valence electrons. The normalized spacial score (nSPS) is 18.4. The average Bonchev–Trinajstić information content (AvgIpc) is 2.88. The van der Waals surface area contributed by atoms with E-state index in [2.05, 4.69) is 5.10 Å². The third-order valence-corrected chi connectivity index (χ3v) is 5.68. The zero-order valence-corrected chi connectivity index (χ0v) is 13.4. The second kappa shape index (κ2) is 6.13. The zero-order chi connectivity index (χ0) is 17.3. The lowest BCUT2D eigenvalue weighted by molar-refractivity contribution is -0.130. The van der Waals surface area contributed by atoms with Crippen molar-refractivity contribution in [1.29, 1.82) is 5.26 Å². The minimum Gasteiger partial charge on any atom is -0.263 e. The van der Waals surface area contributed by atoms with Crippen molar-refractivity contribution in [3.05, 3.63) is 18.0 Å². The van der Waals surface area contributed by atoms with Gasteiger partial charge in [0.1, 0.15) is 5.54 Å². The maximum absolute atomic E-state index is 12.2. The molecule has 0 unspecified atom stereocenters. The van der Waals surface area contributed by atoms with Crippen LogP contribution in [0.15, 0.2) is 12.4 Å². The van der Waals surface area contributed by atoms with Gasteiger partial charge in [0.25, 0.3) is 0 Å². The monoisotopic (exact) mass is 350 g/mol. The SMILES string of the molecule is CCc1cnn(C2(CC#N)CN(S(=O)(=O)CCC(F)(F)F)C2)c1. The molecule has 0 amide bonds. The van der Waals surface area contributed by atoms with Crippen molar-refractivity contribution >= 4 is 10.0 Å². The number of hydrogen-bond donors (Lipinski definition) is 0. The molecular weight excluding hydrogens is 333 g/mol. The molecule has 0 saturated carbocycles. The molecule has 0 bridgehead atoms. The van der Waals surface area contributed by atoms with Crippen molar-refractivity contribution in [1.82, 2.24) is 14.1 Å². The van der Waals surface area contributed by atoms with Gasteiger partial charge in [0.2, 0.25) is 10.0 Å². The van der Waals surface area contributed by atoms with Gasteiger partial charge in [0, 0.05) is 19.3 Å². The molecule has 0 N–H and O–H groups in total. The van der Waals surface area contributed by atoms with Crippen LogP contribution in [0.2, 0.25) is 0 Å². The highest BCUT2D eigenvalue weighted by Crippen LogP contribution is 2.35. The molecule has 1 saturated heterocycles. The molecule has 0 aromatic carbocycles. The Bertz CT molecular complexity index is 700. The molecule has 0 radical (unpaired) electrons. The topological polar surface area (TPSA) is 79.0 Å².